The first-order valence-electron chi connectivity index (χ1n) is 7.64. The fourth-order valence-corrected chi connectivity index (χ4v) is 2.78. The maximum Gasteiger partial charge on any atom is 0.263 e. The molecule has 1 N–H and O–H groups in total. The van der Waals surface area contributed by atoms with Crippen LogP contribution in [0.2, 0.25) is 0 Å². The van der Waals surface area contributed by atoms with E-state index in [4.69, 9.17) is 9.47 Å². The number of carbonyl (C=O) groups is 1. The van der Waals surface area contributed by atoms with Crippen molar-refractivity contribution in [1.82, 2.24) is 9.88 Å². The van der Waals surface area contributed by atoms with Crippen LogP contribution < -0.4 is 10.9 Å². The summed E-state index contributed by atoms with van der Waals surface area (Å²) in [7, 11) is 1.57. The Hall–Kier alpha value is -1.66. The van der Waals surface area contributed by atoms with Gasteiger partial charge in [-0.2, -0.15) is 0 Å². The van der Waals surface area contributed by atoms with Crippen LogP contribution in [0.25, 0.3) is 0 Å². The van der Waals surface area contributed by atoms with E-state index < -0.39 is 0 Å². The maximum atomic E-state index is 12.7. The molecular formula is C16H24N2O4. The molecule has 1 aromatic heterocycles. The van der Waals surface area contributed by atoms with Gasteiger partial charge >= 0.3 is 0 Å². The quantitative estimate of drug-likeness (QED) is 0.797. The van der Waals surface area contributed by atoms with Crippen LogP contribution in [-0.4, -0.2) is 43.4 Å². The van der Waals surface area contributed by atoms with E-state index in [9.17, 15) is 9.59 Å². The predicted octanol–water partition coefficient (Wildman–Crippen LogP) is 1.02. The SMILES string of the molecule is COCCNC(=O)c1c(C)cc(C)n(CC2CCCO2)c1=O. The van der Waals surface area contributed by atoms with E-state index >= 15 is 0 Å². The fourth-order valence-electron chi connectivity index (χ4n) is 2.78. The van der Waals surface area contributed by atoms with E-state index in [-0.39, 0.29) is 23.1 Å². The molecule has 1 aliphatic heterocycles. The molecule has 0 bridgehead atoms. The first-order chi connectivity index (χ1) is 10.5. The van der Waals surface area contributed by atoms with E-state index in [0.717, 1.165) is 25.1 Å². The van der Waals surface area contributed by atoms with Crippen molar-refractivity contribution in [3.63, 3.8) is 0 Å². The molecule has 6 heteroatoms. The Morgan fingerprint density at radius 2 is 2.27 bits per heavy atom. The smallest absolute Gasteiger partial charge is 0.263 e. The number of amides is 1. The molecule has 0 radical (unpaired) electrons. The van der Waals surface area contributed by atoms with Crippen molar-refractivity contribution in [2.45, 2.75) is 39.3 Å². The lowest BCUT2D eigenvalue weighted by Gasteiger charge is -2.17. The summed E-state index contributed by atoms with van der Waals surface area (Å²) in [4.78, 5) is 24.9. The average molecular weight is 308 g/mol. The summed E-state index contributed by atoms with van der Waals surface area (Å²) in [6.45, 7) is 5.72. The number of rotatable bonds is 6. The molecule has 0 saturated carbocycles. The van der Waals surface area contributed by atoms with Crippen LogP contribution in [0, 0.1) is 13.8 Å². The van der Waals surface area contributed by atoms with Crippen LogP contribution >= 0.6 is 0 Å². The topological polar surface area (TPSA) is 69.6 Å². The molecular weight excluding hydrogens is 284 g/mol. The third-order valence-electron chi connectivity index (χ3n) is 3.93. The number of aromatic nitrogens is 1. The number of ether oxygens (including phenoxy) is 2. The zero-order valence-corrected chi connectivity index (χ0v) is 13.5. The summed E-state index contributed by atoms with van der Waals surface area (Å²) in [6.07, 6.45) is 2.03. The van der Waals surface area contributed by atoms with Crippen molar-refractivity contribution in [3.8, 4) is 0 Å². The van der Waals surface area contributed by atoms with Gasteiger partial charge in [0.2, 0.25) is 0 Å². The molecule has 22 heavy (non-hydrogen) atoms. The van der Waals surface area contributed by atoms with Gasteiger partial charge in [-0.05, 0) is 38.3 Å². The minimum Gasteiger partial charge on any atom is -0.383 e. The highest BCUT2D eigenvalue weighted by molar-refractivity contribution is 5.95. The predicted molar refractivity (Wildman–Crippen MR) is 83.4 cm³/mol. The molecule has 1 aromatic rings. The number of hydrogen-bond acceptors (Lipinski definition) is 4. The van der Waals surface area contributed by atoms with Gasteiger partial charge in [-0.15, -0.1) is 0 Å². The Morgan fingerprint density at radius 1 is 1.50 bits per heavy atom. The molecule has 1 aliphatic rings. The van der Waals surface area contributed by atoms with Gasteiger partial charge < -0.3 is 19.4 Å². The van der Waals surface area contributed by atoms with Gasteiger partial charge in [-0.1, -0.05) is 0 Å². The molecule has 1 amide bonds. The second-order valence-electron chi connectivity index (χ2n) is 5.64. The third-order valence-corrected chi connectivity index (χ3v) is 3.93. The van der Waals surface area contributed by atoms with Crippen molar-refractivity contribution >= 4 is 5.91 Å². The molecule has 122 valence electrons. The number of methoxy groups -OCH3 is 1. The molecule has 1 unspecified atom stereocenters. The van der Waals surface area contributed by atoms with Crippen molar-refractivity contribution < 1.29 is 14.3 Å². The molecule has 1 fully saturated rings. The number of hydrogen-bond donors (Lipinski definition) is 1. The van der Waals surface area contributed by atoms with E-state index in [2.05, 4.69) is 5.32 Å². The number of pyridine rings is 1. The Labute approximate surface area is 130 Å². The highest BCUT2D eigenvalue weighted by atomic mass is 16.5. The zero-order chi connectivity index (χ0) is 16.1. The lowest BCUT2D eigenvalue weighted by Crippen LogP contribution is -2.37. The average Bonchev–Trinajstić information content (AvgIpc) is 2.96. The minimum atomic E-state index is -0.347. The molecule has 0 aliphatic carbocycles. The molecule has 1 atom stereocenters. The Kier molecular flexibility index (Phi) is 5.74. The van der Waals surface area contributed by atoms with E-state index in [1.807, 2.05) is 13.0 Å². The second kappa shape index (κ2) is 7.56. The van der Waals surface area contributed by atoms with Gasteiger partial charge in [0.15, 0.2) is 0 Å². The highest BCUT2D eigenvalue weighted by Crippen LogP contribution is 2.15. The Morgan fingerprint density at radius 3 is 2.91 bits per heavy atom. The summed E-state index contributed by atoms with van der Waals surface area (Å²) in [5.74, 6) is -0.347. The van der Waals surface area contributed by atoms with Crippen LogP contribution in [0.3, 0.4) is 0 Å². The maximum absolute atomic E-state index is 12.7. The lowest BCUT2D eigenvalue weighted by atomic mass is 10.1. The van der Waals surface area contributed by atoms with E-state index in [1.165, 1.54) is 0 Å². The minimum absolute atomic E-state index is 0.0588. The number of carbonyl (C=O) groups excluding carboxylic acids is 1. The van der Waals surface area contributed by atoms with E-state index in [1.54, 1.807) is 18.6 Å². The first-order valence-corrected chi connectivity index (χ1v) is 7.64. The fraction of sp³-hybridized carbons (Fsp3) is 0.625. The zero-order valence-electron chi connectivity index (χ0n) is 13.5. The van der Waals surface area contributed by atoms with Gasteiger partial charge in [0, 0.05) is 26.0 Å². The van der Waals surface area contributed by atoms with Gasteiger partial charge in [-0.3, -0.25) is 9.59 Å². The highest BCUT2D eigenvalue weighted by Gasteiger charge is 2.21. The molecule has 2 rings (SSSR count). The van der Waals surface area contributed by atoms with Gasteiger partial charge in [0.25, 0.3) is 11.5 Å². The summed E-state index contributed by atoms with van der Waals surface area (Å²) in [5, 5.41) is 2.71. The van der Waals surface area contributed by atoms with Crippen LogP contribution in [0.1, 0.15) is 34.5 Å². The standard InChI is InChI=1S/C16H24N2O4/c1-11-9-12(2)18(10-13-5-4-7-22-13)16(20)14(11)15(19)17-6-8-21-3/h9,13H,4-8,10H2,1-3H3,(H,17,19). The number of nitrogens with one attached hydrogen (secondary N) is 1. The van der Waals surface area contributed by atoms with Gasteiger partial charge in [0.1, 0.15) is 5.56 Å². The third kappa shape index (κ3) is 3.75. The first kappa shape index (κ1) is 16.7. The van der Waals surface area contributed by atoms with Gasteiger partial charge in [-0.25, -0.2) is 0 Å². The molecule has 0 spiro atoms. The largest absolute Gasteiger partial charge is 0.383 e. The van der Waals surface area contributed by atoms with Gasteiger partial charge in [0.05, 0.1) is 19.3 Å². The Bertz CT molecular complexity index is 589. The van der Waals surface area contributed by atoms with Crippen LogP contribution in [0.15, 0.2) is 10.9 Å². The number of nitrogens with zero attached hydrogens (tertiary/aromatic N) is 1. The molecule has 0 aromatic carbocycles. The van der Waals surface area contributed by atoms with Crippen LogP contribution in [0.5, 0.6) is 0 Å². The summed E-state index contributed by atoms with van der Waals surface area (Å²) >= 11 is 0. The Balaban J connectivity index is 2.25. The second-order valence-corrected chi connectivity index (χ2v) is 5.64. The molecule has 2 heterocycles. The molecule has 1 saturated heterocycles. The monoisotopic (exact) mass is 308 g/mol. The summed E-state index contributed by atoms with van der Waals surface area (Å²) < 4.78 is 12.2. The molecule has 6 nitrogen and oxygen atoms in total. The van der Waals surface area contributed by atoms with Crippen LogP contribution in [-0.2, 0) is 16.0 Å². The van der Waals surface area contributed by atoms with Crippen molar-refractivity contribution in [2.75, 3.05) is 26.9 Å². The number of aryl methyl sites for hydroxylation is 2. The summed E-state index contributed by atoms with van der Waals surface area (Å²) in [5.41, 5.74) is 1.51. The van der Waals surface area contributed by atoms with Crippen molar-refractivity contribution in [2.24, 2.45) is 0 Å². The summed E-state index contributed by atoms with van der Waals surface area (Å²) in [6, 6.07) is 1.88. The van der Waals surface area contributed by atoms with Crippen LogP contribution in [0.4, 0.5) is 0 Å². The van der Waals surface area contributed by atoms with E-state index in [0.29, 0.717) is 25.3 Å². The van der Waals surface area contributed by atoms with Crippen molar-refractivity contribution in [3.05, 3.63) is 33.2 Å². The van der Waals surface area contributed by atoms with Crippen molar-refractivity contribution in [1.29, 1.82) is 0 Å². The lowest BCUT2D eigenvalue weighted by molar-refractivity contribution is 0.0917. The normalized spacial score (nSPS) is 17.7.